The average Bonchev–Trinajstić information content (AvgIpc) is 3.23. The number of halogens is 1. The van der Waals surface area contributed by atoms with Gasteiger partial charge in [0.25, 0.3) is 0 Å². The van der Waals surface area contributed by atoms with Crippen molar-refractivity contribution in [2.45, 2.75) is 33.2 Å². The van der Waals surface area contributed by atoms with Gasteiger partial charge in [-0.1, -0.05) is 5.16 Å². The summed E-state index contributed by atoms with van der Waals surface area (Å²) in [5.41, 5.74) is 2.86. The molecule has 1 spiro atoms. The summed E-state index contributed by atoms with van der Waals surface area (Å²) in [7, 11) is 0. The number of aryl methyl sites for hydroxylation is 2. The molecule has 1 amide bonds. The number of carbonyl (C=O) groups is 1. The Hall–Kier alpha value is -2.21. The van der Waals surface area contributed by atoms with E-state index in [1.165, 1.54) is 12.1 Å². The Kier molecular flexibility index (Phi) is 3.87. The van der Waals surface area contributed by atoms with Crippen LogP contribution in [0.3, 0.4) is 0 Å². The molecule has 2 aliphatic heterocycles. The molecule has 2 aromatic rings. The second kappa shape index (κ2) is 5.95. The molecule has 5 nitrogen and oxygen atoms in total. The first-order valence-electron chi connectivity index (χ1n) is 8.66. The summed E-state index contributed by atoms with van der Waals surface area (Å²) in [5, 5.41) is 4.02. The summed E-state index contributed by atoms with van der Waals surface area (Å²) in [4.78, 5) is 16.7. The van der Waals surface area contributed by atoms with E-state index in [-0.39, 0.29) is 17.1 Å². The maximum Gasteiger partial charge on any atom is 0.227 e. The van der Waals surface area contributed by atoms with Gasteiger partial charge in [0.05, 0.1) is 5.69 Å². The number of amides is 1. The first kappa shape index (κ1) is 16.3. The summed E-state index contributed by atoms with van der Waals surface area (Å²) < 4.78 is 18.4. The molecule has 2 saturated heterocycles. The highest BCUT2D eigenvalue weighted by Crippen LogP contribution is 2.42. The lowest BCUT2D eigenvalue weighted by Gasteiger charge is -2.24. The molecule has 25 heavy (non-hydrogen) atoms. The molecule has 1 aromatic heterocycles. The van der Waals surface area contributed by atoms with E-state index in [4.69, 9.17) is 4.52 Å². The third-order valence-corrected chi connectivity index (χ3v) is 5.54. The molecule has 2 fully saturated rings. The third-order valence-electron chi connectivity index (χ3n) is 5.54. The number of benzene rings is 1. The van der Waals surface area contributed by atoms with E-state index in [9.17, 15) is 9.18 Å². The predicted octanol–water partition coefficient (Wildman–Crippen LogP) is 3.06. The number of carbonyl (C=O) groups excluding carboxylic acids is 1. The molecule has 6 heteroatoms. The van der Waals surface area contributed by atoms with Gasteiger partial charge in [0.2, 0.25) is 5.91 Å². The van der Waals surface area contributed by atoms with Gasteiger partial charge in [-0.15, -0.1) is 0 Å². The van der Waals surface area contributed by atoms with Crippen LogP contribution in [0.25, 0.3) is 0 Å². The van der Waals surface area contributed by atoms with Crippen molar-refractivity contribution in [1.82, 2.24) is 10.1 Å². The van der Waals surface area contributed by atoms with Crippen molar-refractivity contribution >= 4 is 11.6 Å². The van der Waals surface area contributed by atoms with Crippen LogP contribution in [-0.4, -0.2) is 35.6 Å². The van der Waals surface area contributed by atoms with Gasteiger partial charge < -0.3 is 9.42 Å². The summed E-state index contributed by atoms with van der Waals surface area (Å²) >= 11 is 0. The molecule has 3 heterocycles. The maximum absolute atomic E-state index is 13.1. The number of likely N-dealkylation sites (tertiary alicyclic amines) is 1. The van der Waals surface area contributed by atoms with Crippen molar-refractivity contribution < 1.29 is 13.7 Å². The van der Waals surface area contributed by atoms with Gasteiger partial charge in [0.1, 0.15) is 11.6 Å². The Labute approximate surface area is 146 Å². The average molecular weight is 343 g/mol. The second-order valence-electron chi connectivity index (χ2n) is 7.40. The summed E-state index contributed by atoms with van der Waals surface area (Å²) in [6.07, 6.45) is 1.56. The van der Waals surface area contributed by atoms with Crippen LogP contribution in [0.1, 0.15) is 29.9 Å². The van der Waals surface area contributed by atoms with Crippen molar-refractivity contribution in [1.29, 1.82) is 0 Å². The molecule has 0 aliphatic carbocycles. The fraction of sp³-hybridized carbons (Fsp3) is 0.474. The standard InChI is InChI=1S/C19H22FN3O2/c1-13-17(14(2)25-21-13)10-22-8-7-19(11-22)9-18(24)23(12-19)16-5-3-15(20)4-6-16/h3-6H,7-12H2,1-2H3. The monoisotopic (exact) mass is 343 g/mol. The summed E-state index contributed by atoms with van der Waals surface area (Å²) in [6, 6.07) is 6.18. The maximum atomic E-state index is 13.1. The van der Waals surface area contributed by atoms with Gasteiger partial charge in [-0.2, -0.15) is 0 Å². The zero-order valence-corrected chi connectivity index (χ0v) is 14.6. The molecular formula is C19H22FN3O2. The predicted molar refractivity (Wildman–Crippen MR) is 91.7 cm³/mol. The molecule has 1 atom stereocenters. The van der Waals surface area contributed by atoms with Crippen LogP contribution in [0.15, 0.2) is 28.8 Å². The van der Waals surface area contributed by atoms with Crippen LogP contribution in [0.4, 0.5) is 10.1 Å². The molecule has 4 rings (SSSR count). The lowest BCUT2D eigenvalue weighted by atomic mass is 9.86. The number of aromatic nitrogens is 1. The minimum absolute atomic E-state index is 0.00948. The smallest absolute Gasteiger partial charge is 0.227 e. The normalized spacial score (nSPS) is 24.0. The van der Waals surface area contributed by atoms with E-state index in [1.54, 1.807) is 17.0 Å². The van der Waals surface area contributed by atoms with E-state index >= 15 is 0 Å². The molecule has 2 aliphatic rings. The van der Waals surface area contributed by atoms with E-state index in [2.05, 4.69) is 10.1 Å². The Bertz CT molecular complexity index is 782. The first-order chi connectivity index (χ1) is 12.0. The summed E-state index contributed by atoms with van der Waals surface area (Å²) in [6.45, 7) is 7.28. The molecule has 132 valence electrons. The van der Waals surface area contributed by atoms with Crippen LogP contribution in [-0.2, 0) is 11.3 Å². The highest BCUT2D eigenvalue weighted by molar-refractivity contribution is 5.96. The van der Waals surface area contributed by atoms with E-state index < -0.39 is 0 Å². The van der Waals surface area contributed by atoms with Crippen molar-refractivity contribution in [2.24, 2.45) is 5.41 Å². The van der Waals surface area contributed by atoms with E-state index in [0.717, 1.165) is 48.8 Å². The number of anilines is 1. The summed E-state index contributed by atoms with van der Waals surface area (Å²) in [5.74, 6) is 0.719. The van der Waals surface area contributed by atoms with Gasteiger partial charge in [-0.05, 0) is 51.1 Å². The quantitative estimate of drug-likeness (QED) is 0.859. The van der Waals surface area contributed by atoms with Crippen molar-refractivity contribution in [3.05, 3.63) is 47.1 Å². The number of rotatable bonds is 3. The lowest BCUT2D eigenvalue weighted by Crippen LogP contribution is -2.31. The van der Waals surface area contributed by atoms with Crippen molar-refractivity contribution in [3.63, 3.8) is 0 Å². The van der Waals surface area contributed by atoms with E-state index in [1.807, 2.05) is 13.8 Å². The minimum atomic E-state index is -0.281. The highest BCUT2D eigenvalue weighted by Gasteiger charge is 2.47. The molecule has 0 radical (unpaired) electrons. The Morgan fingerprint density at radius 3 is 2.68 bits per heavy atom. The van der Waals surface area contributed by atoms with Gasteiger partial charge in [-0.3, -0.25) is 9.69 Å². The third kappa shape index (κ3) is 2.95. The molecule has 0 bridgehead atoms. The Morgan fingerprint density at radius 2 is 2.00 bits per heavy atom. The second-order valence-corrected chi connectivity index (χ2v) is 7.40. The number of nitrogens with zero attached hydrogens (tertiary/aromatic N) is 3. The highest BCUT2D eigenvalue weighted by atomic mass is 19.1. The van der Waals surface area contributed by atoms with Gasteiger partial charge >= 0.3 is 0 Å². The SMILES string of the molecule is Cc1noc(C)c1CN1CCC2(CC(=O)N(c3ccc(F)cc3)C2)C1. The Balaban J connectivity index is 1.47. The number of hydrogen-bond donors (Lipinski definition) is 0. The van der Waals surface area contributed by atoms with Crippen molar-refractivity contribution in [3.8, 4) is 0 Å². The van der Waals surface area contributed by atoms with Crippen molar-refractivity contribution in [2.75, 3.05) is 24.5 Å². The molecule has 1 aromatic carbocycles. The van der Waals surface area contributed by atoms with Crippen LogP contribution in [0, 0.1) is 25.1 Å². The van der Waals surface area contributed by atoms with Gasteiger partial charge in [0.15, 0.2) is 0 Å². The fourth-order valence-electron chi connectivity index (χ4n) is 4.14. The number of hydrogen-bond acceptors (Lipinski definition) is 4. The molecular weight excluding hydrogens is 321 g/mol. The van der Waals surface area contributed by atoms with Gasteiger partial charge in [0, 0.05) is 42.7 Å². The topological polar surface area (TPSA) is 49.6 Å². The lowest BCUT2D eigenvalue weighted by molar-refractivity contribution is -0.117. The van der Waals surface area contributed by atoms with Gasteiger partial charge in [-0.25, -0.2) is 4.39 Å². The minimum Gasteiger partial charge on any atom is -0.361 e. The fourth-order valence-corrected chi connectivity index (χ4v) is 4.14. The Morgan fingerprint density at radius 1 is 1.24 bits per heavy atom. The zero-order valence-electron chi connectivity index (χ0n) is 14.6. The van der Waals surface area contributed by atoms with Crippen LogP contribution in [0.2, 0.25) is 0 Å². The zero-order chi connectivity index (χ0) is 17.6. The molecule has 0 saturated carbocycles. The van der Waals surface area contributed by atoms with Crippen LogP contribution >= 0.6 is 0 Å². The largest absolute Gasteiger partial charge is 0.361 e. The van der Waals surface area contributed by atoms with E-state index in [0.29, 0.717) is 13.0 Å². The first-order valence-corrected chi connectivity index (χ1v) is 8.66. The van der Waals surface area contributed by atoms with Crippen LogP contribution < -0.4 is 4.90 Å². The molecule has 0 N–H and O–H groups in total. The van der Waals surface area contributed by atoms with Crippen LogP contribution in [0.5, 0.6) is 0 Å². The molecule has 1 unspecified atom stereocenters.